The number of likely N-dealkylation sites (N-methyl/N-ethyl adjacent to an activating group) is 1. The zero-order valence-corrected chi connectivity index (χ0v) is 21.2. The quantitative estimate of drug-likeness (QED) is 0.339. The van der Waals surface area contributed by atoms with Crippen LogP contribution in [-0.4, -0.2) is 55.0 Å². The van der Waals surface area contributed by atoms with E-state index in [1.54, 1.807) is 12.1 Å². The fraction of sp³-hybridized carbons (Fsp3) is 0.231. The number of nitrogens with one attached hydrogen (secondary N) is 1. The van der Waals surface area contributed by atoms with Crippen molar-refractivity contribution >= 4 is 43.2 Å². The lowest BCUT2D eigenvalue weighted by Gasteiger charge is -2.20. The highest BCUT2D eigenvalue weighted by Gasteiger charge is 2.26. The van der Waals surface area contributed by atoms with Gasteiger partial charge in [-0.1, -0.05) is 12.1 Å². The molecule has 3 aromatic carbocycles. The molecule has 0 aliphatic carbocycles. The second kappa shape index (κ2) is 9.98. The van der Waals surface area contributed by atoms with Crippen LogP contribution in [0.5, 0.6) is 5.75 Å². The zero-order valence-electron chi connectivity index (χ0n) is 19.5. The Hall–Kier alpha value is -3.31. The number of aromatic nitrogens is 1. The number of benzene rings is 3. The molecule has 5 rings (SSSR count). The maximum atomic E-state index is 12.9. The third-order valence-corrected chi connectivity index (χ3v) is 9.00. The Kier molecular flexibility index (Phi) is 6.76. The minimum Gasteiger partial charge on any atom is -0.507 e. The molecule has 1 atom stereocenters. The number of phenols is 1. The number of carbonyl (C=O) groups excluding carboxylic acids is 1. The van der Waals surface area contributed by atoms with Gasteiger partial charge in [-0.2, -0.15) is 4.31 Å². The van der Waals surface area contributed by atoms with Gasteiger partial charge in [0.2, 0.25) is 10.0 Å². The Balaban J connectivity index is 1.31. The van der Waals surface area contributed by atoms with Gasteiger partial charge in [0.15, 0.2) is 0 Å². The van der Waals surface area contributed by atoms with Crippen molar-refractivity contribution in [1.82, 2.24) is 9.29 Å². The summed E-state index contributed by atoms with van der Waals surface area (Å²) in [6.07, 6.45) is 1.69. The molecule has 36 heavy (non-hydrogen) atoms. The second-order valence-electron chi connectivity index (χ2n) is 8.62. The molecule has 8 nitrogen and oxygen atoms in total. The number of sulfonamides is 1. The molecule has 0 bridgehead atoms. The molecule has 1 saturated heterocycles. The number of para-hydroxylation sites is 1. The predicted octanol–water partition coefficient (Wildman–Crippen LogP) is 4.72. The number of rotatable bonds is 7. The summed E-state index contributed by atoms with van der Waals surface area (Å²) in [5.41, 5.74) is 2.15. The lowest BCUT2D eigenvalue weighted by molar-refractivity contribution is 0.0979. The van der Waals surface area contributed by atoms with E-state index >= 15 is 0 Å². The van der Waals surface area contributed by atoms with E-state index in [1.807, 2.05) is 24.3 Å². The average molecular weight is 524 g/mol. The van der Waals surface area contributed by atoms with Gasteiger partial charge in [-0.15, -0.1) is 11.3 Å². The smallest absolute Gasteiger partial charge is 0.255 e. The number of fused-ring (bicyclic) bond motifs is 1. The molecule has 1 aromatic heterocycles. The first-order valence-electron chi connectivity index (χ1n) is 11.5. The molecule has 1 amide bonds. The SMILES string of the molecule is CN(CC1CCCO1)S(=O)(=O)c1ccc(C(=O)Nc2ccc(O)c(-c3nc4ccccc4s3)c2)cc1. The van der Waals surface area contributed by atoms with Gasteiger partial charge in [0.05, 0.1) is 26.8 Å². The Morgan fingerprint density at radius 3 is 2.67 bits per heavy atom. The van der Waals surface area contributed by atoms with E-state index in [9.17, 15) is 18.3 Å². The van der Waals surface area contributed by atoms with Gasteiger partial charge in [0.25, 0.3) is 5.91 Å². The standard InChI is InChI=1S/C26H25N3O5S2/c1-29(16-19-5-4-14-34-19)36(32,33)20-11-8-17(9-12-20)25(31)27-18-10-13-23(30)21(15-18)26-28-22-6-2-3-7-24(22)35-26/h2-3,6-13,15,19,30H,4-5,14,16H2,1H3,(H,27,31). The van der Waals surface area contributed by atoms with Gasteiger partial charge in [-0.05, 0) is 67.4 Å². The Morgan fingerprint density at radius 1 is 1.17 bits per heavy atom. The molecule has 1 unspecified atom stereocenters. The van der Waals surface area contributed by atoms with E-state index in [1.165, 1.54) is 53.0 Å². The molecule has 0 spiro atoms. The number of thiazole rings is 1. The van der Waals surface area contributed by atoms with Gasteiger partial charge in [0, 0.05) is 31.5 Å². The van der Waals surface area contributed by atoms with Crippen LogP contribution < -0.4 is 5.32 Å². The third kappa shape index (κ3) is 4.98. The Morgan fingerprint density at radius 2 is 1.94 bits per heavy atom. The van der Waals surface area contributed by atoms with Gasteiger partial charge in [-0.25, -0.2) is 13.4 Å². The molecular weight excluding hydrogens is 498 g/mol. The normalized spacial score (nSPS) is 16.0. The summed E-state index contributed by atoms with van der Waals surface area (Å²) in [6.45, 7) is 0.952. The first-order valence-corrected chi connectivity index (χ1v) is 13.8. The van der Waals surface area contributed by atoms with Gasteiger partial charge < -0.3 is 15.2 Å². The molecule has 2 heterocycles. The first-order chi connectivity index (χ1) is 17.3. The highest BCUT2D eigenvalue weighted by Crippen LogP contribution is 2.36. The molecule has 1 fully saturated rings. The molecule has 4 aromatic rings. The van der Waals surface area contributed by atoms with E-state index in [2.05, 4.69) is 10.3 Å². The fourth-order valence-electron chi connectivity index (χ4n) is 4.11. The molecule has 10 heteroatoms. The van der Waals surface area contributed by atoms with E-state index in [4.69, 9.17) is 4.74 Å². The molecule has 1 aliphatic heterocycles. The van der Waals surface area contributed by atoms with Gasteiger partial charge >= 0.3 is 0 Å². The number of amides is 1. The zero-order chi connectivity index (χ0) is 25.3. The predicted molar refractivity (Wildman–Crippen MR) is 140 cm³/mol. The second-order valence-corrected chi connectivity index (χ2v) is 11.7. The van der Waals surface area contributed by atoms with E-state index in [-0.39, 0.29) is 16.7 Å². The maximum Gasteiger partial charge on any atom is 0.255 e. The number of carbonyl (C=O) groups is 1. The topological polar surface area (TPSA) is 109 Å². The number of anilines is 1. The van der Waals surface area contributed by atoms with Gasteiger partial charge in [0.1, 0.15) is 10.8 Å². The number of nitrogens with zero attached hydrogens (tertiary/aromatic N) is 2. The summed E-state index contributed by atoms with van der Waals surface area (Å²) in [7, 11) is -2.16. The van der Waals surface area contributed by atoms with Crippen molar-refractivity contribution in [2.75, 3.05) is 25.5 Å². The summed E-state index contributed by atoms with van der Waals surface area (Å²) in [5, 5.41) is 13.8. The maximum absolute atomic E-state index is 12.9. The van der Waals surface area contributed by atoms with Crippen LogP contribution in [0.4, 0.5) is 5.69 Å². The third-order valence-electron chi connectivity index (χ3n) is 6.09. The van der Waals surface area contributed by atoms with E-state index in [0.717, 1.165) is 23.1 Å². The molecule has 186 valence electrons. The van der Waals surface area contributed by atoms with Crippen molar-refractivity contribution in [2.45, 2.75) is 23.8 Å². The molecular formula is C26H25N3O5S2. The van der Waals surface area contributed by atoms with Crippen molar-refractivity contribution in [3.8, 4) is 16.3 Å². The Labute approximate surface area is 213 Å². The van der Waals surface area contributed by atoms with Crippen molar-refractivity contribution in [1.29, 1.82) is 0 Å². The van der Waals surface area contributed by atoms with E-state index in [0.29, 0.717) is 35.0 Å². The average Bonchev–Trinajstić information content (AvgIpc) is 3.55. The van der Waals surface area contributed by atoms with Crippen LogP contribution in [0.2, 0.25) is 0 Å². The number of hydrogen-bond acceptors (Lipinski definition) is 7. The van der Waals surface area contributed by atoms with Crippen LogP contribution in [0.1, 0.15) is 23.2 Å². The molecule has 2 N–H and O–H groups in total. The van der Waals surface area contributed by atoms with Crippen molar-refractivity contribution in [2.24, 2.45) is 0 Å². The summed E-state index contributed by atoms with van der Waals surface area (Å²) in [6, 6.07) is 18.3. The van der Waals surface area contributed by atoms with Gasteiger partial charge in [-0.3, -0.25) is 4.79 Å². The Bertz CT molecular complexity index is 1480. The number of hydrogen-bond donors (Lipinski definition) is 2. The van der Waals surface area contributed by atoms with Crippen LogP contribution >= 0.6 is 11.3 Å². The fourth-order valence-corrected chi connectivity index (χ4v) is 6.30. The molecule has 0 radical (unpaired) electrons. The minimum absolute atomic E-state index is 0.0636. The van der Waals surface area contributed by atoms with Crippen LogP contribution in [0.25, 0.3) is 20.8 Å². The highest BCUT2D eigenvalue weighted by atomic mass is 32.2. The number of ether oxygens (including phenoxy) is 1. The summed E-state index contributed by atoms with van der Waals surface area (Å²) < 4.78 is 33.6. The van der Waals surface area contributed by atoms with E-state index < -0.39 is 15.9 Å². The van der Waals surface area contributed by atoms with Crippen molar-refractivity contribution < 1.29 is 23.1 Å². The molecule has 1 aliphatic rings. The first kappa shape index (κ1) is 24.4. The largest absolute Gasteiger partial charge is 0.507 e. The summed E-state index contributed by atoms with van der Waals surface area (Å²) in [5.74, 6) is -0.332. The minimum atomic E-state index is -3.69. The lowest BCUT2D eigenvalue weighted by Crippen LogP contribution is -2.34. The van der Waals surface area contributed by atoms with Crippen molar-refractivity contribution in [3.63, 3.8) is 0 Å². The molecule has 0 saturated carbocycles. The number of phenolic OH excluding ortho intramolecular Hbond substituents is 1. The highest BCUT2D eigenvalue weighted by molar-refractivity contribution is 7.89. The number of aromatic hydroxyl groups is 1. The monoisotopic (exact) mass is 523 g/mol. The van der Waals surface area contributed by atoms with Crippen LogP contribution in [0.3, 0.4) is 0 Å². The summed E-state index contributed by atoms with van der Waals surface area (Å²) >= 11 is 1.45. The van der Waals surface area contributed by atoms with Crippen LogP contribution in [0, 0.1) is 0 Å². The van der Waals surface area contributed by atoms with Crippen molar-refractivity contribution in [3.05, 3.63) is 72.3 Å². The summed E-state index contributed by atoms with van der Waals surface area (Å²) in [4.78, 5) is 17.5. The van der Waals surface area contributed by atoms with Crippen LogP contribution in [-0.2, 0) is 14.8 Å². The van der Waals surface area contributed by atoms with Crippen LogP contribution in [0.15, 0.2) is 71.6 Å². The lowest BCUT2D eigenvalue weighted by atomic mass is 10.1.